The van der Waals surface area contributed by atoms with Crippen molar-refractivity contribution < 1.29 is 27.8 Å². The Bertz CT molecular complexity index is 953. The molecule has 1 aliphatic rings. The van der Waals surface area contributed by atoms with Gasteiger partial charge >= 0.3 is 5.97 Å². The fraction of sp³-hybridized carbons (Fsp3) is 0.278. The first-order valence-corrected chi connectivity index (χ1v) is 9.08. The molecule has 0 N–H and O–H groups in total. The SMILES string of the molecule is COC(=O)c1ccc([C@H](C)Sc2nnc([C@@H]3COc4ccccc4O3)o2)o1. The Morgan fingerprint density at radius 1 is 1.19 bits per heavy atom. The first kappa shape index (κ1) is 17.5. The predicted molar refractivity (Wildman–Crippen MR) is 93.9 cm³/mol. The second-order valence-corrected chi connectivity index (χ2v) is 7.02. The third kappa shape index (κ3) is 3.63. The van der Waals surface area contributed by atoms with E-state index in [0.717, 1.165) is 0 Å². The molecule has 0 amide bonds. The molecule has 1 aromatic carbocycles. The Balaban J connectivity index is 1.42. The van der Waals surface area contributed by atoms with Crippen molar-refractivity contribution in [1.29, 1.82) is 0 Å². The highest BCUT2D eigenvalue weighted by Gasteiger charge is 2.28. The van der Waals surface area contributed by atoms with Gasteiger partial charge in [-0.1, -0.05) is 23.9 Å². The minimum atomic E-state index is -0.520. The number of para-hydroxylation sites is 2. The summed E-state index contributed by atoms with van der Waals surface area (Å²) in [4.78, 5) is 11.5. The molecule has 4 rings (SSSR count). The van der Waals surface area contributed by atoms with Crippen molar-refractivity contribution in [3.05, 3.63) is 53.8 Å². The Labute approximate surface area is 158 Å². The largest absolute Gasteiger partial charge is 0.485 e. The summed E-state index contributed by atoms with van der Waals surface area (Å²) >= 11 is 1.32. The van der Waals surface area contributed by atoms with Crippen molar-refractivity contribution >= 4 is 17.7 Å². The van der Waals surface area contributed by atoms with E-state index in [1.165, 1.54) is 18.9 Å². The number of hydrogen-bond donors (Lipinski definition) is 0. The van der Waals surface area contributed by atoms with Gasteiger partial charge in [-0.25, -0.2) is 4.79 Å². The zero-order valence-corrected chi connectivity index (χ0v) is 15.4. The normalized spacial score (nSPS) is 16.7. The Kier molecular flexibility index (Phi) is 4.76. The molecule has 27 heavy (non-hydrogen) atoms. The number of carbonyl (C=O) groups excluding carboxylic acids is 1. The van der Waals surface area contributed by atoms with Crippen LogP contribution in [0.15, 0.2) is 50.5 Å². The summed E-state index contributed by atoms with van der Waals surface area (Å²) in [6, 6.07) is 10.7. The number of nitrogens with zero attached hydrogens (tertiary/aromatic N) is 2. The number of fused-ring (bicyclic) bond motifs is 1. The summed E-state index contributed by atoms with van der Waals surface area (Å²) in [5, 5.41) is 8.34. The van der Waals surface area contributed by atoms with Crippen molar-refractivity contribution in [3.63, 3.8) is 0 Å². The van der Waals surface area contributed by atoms with E-state index in [4.69, 9.17) is 18.3 Å². The molecule has 0 radical (unpaired) electrons. The molecule has 0 bridgehead atoms. The molecule has 0 aliphatic carbocycles. The highest BCUT2D eigenvalue weighted by molar-refractivity contribution is 7.99. The van der Waals surface area contributed by atoms with Gasteiger partial charge in [0.05, 0.1) is 12.4 Å². The van der Waals surface area contributed by atoms with E-state index in [2.05, 4.69) is 14.9 Å². The average Bonchev–Trinajstić information content (AvgIpc) is 3.37. The van der Waals surface area contributed by atoms with Gasteiger partial charge in [-0.2, -0.15) is 0 Å². The molecule has 9 heteroatoms. The smallest absolute Gasteiger partial charge is 0.373 e. The highest BCUT2D eigenvalue weighted by Crippen LogP contribution is 2.38. The monoisotopic (exact) mass is 388 g/mol. The third-order valence-electron chi connectivity index (χ3n) is 3.90. The number of thioether (sulfide) groups is 1. The standard InChI is InChI=1S/C18H16N2O6S/c1-10(11-7-8-14(24-11)17(21)22-2)27-18-20-19-16(26-18)15-9-23-12-5-3-4-6-13(12)25-15/h3-8,10,15H,9H2,1-2H3/t10-,15-/m0/s1. The molecular formula is C18H16N2O6S. The van der Waals surface area contributed by atoms with E-state index in [1.807, 2.05) is 31.2 Å². The summed E-state index contributed by atoms with van der Waals surface area (Å²) in [7, 11) is 1.30. The molecule has 2 aromatic heterocycles. The summed E-state index contributed by atoms with van der Waals surface area (Å²) in [6.45, 7) is 2.20. The molecule has 0 saturated carbocycles. The van der Waals surface area contributed by atoms with E-state index in [-0.39, 0.29) is 11.0 Å². The van der Waals surface area contributed by atoms with Crippen molar-refractivity contribution in [2.75, 3.05) is 13.7 Å². The number of furan rings is 1. The maximum Gasteiger partial charge on any atom is 0.373 e. The van der Waals surface area contributed by atoms with Crippen LogP contribution in [0.2, 0.25) is 0 Å². The van der Waals surface area contributed by atoms with Crippen LogP contribution in [0.4, 0.5) is 0 Å². The molecule has 3 aromatic rings. The summed E-state index contributed by atoms with van der Waals surface area (Å²) in [5.74, 6) is 1.90. The lowest BCUT2D eigenvalue weighted by Crippen LogP contribution is -2.21. The van der Waals surface area contributed by atoms with E-state index >= 15 is 0 Å². The third-order valence-corrected chi connectivity index (χ3v) is 4.85. The maximum atomic E-state index is 11.5. The minimum Gasteiger partial charge on any atom is -0.485 e. The second-order valence-electron chi connectivity index (χ2n) is 5.72. The van der Waals surface area contributed by atoms with Crippen LogP contribution in [0.5, 0.6) is 11.5 Å². The Morgan fingerprint density at radius 2 is 2.00 bits per heavy atom. The first-order chi connectivity index (χ1) is 13.1. The van der Waals surface area contributed by atoms with Gasteiger partial charge in [0.15, 0.2) is 11.5 Å². The second kappa shape index (κ2) is 7.36. The number of ether oxygens (including phenoxy) is 3. The van der Waals surface area contributed by atoms with Gasteiger partial charge in [-0.05, 0) is 31.2 Å². The zero-order valence-electron chi connectivity index (χ0n) is 14.6. The van der Waals surface area contributed by atoms with Gasteiger partial charge in [0, 0.05) is 0 Å². The lowest BCUT2D eigenvalue weighted by molar-refractivity contribution is 0.0563. The fourth-order valence-corrected chi connectivity index (χ4v) is 3.30. The van der Waals surface area contributed by atoms with E-state index in [1.54, 1.807) is 12.1 Å². The van der Waals surface area contributed by atoms with E-state index < -0.39 is 12.1 Å². The number of aromatic nitrogens is 2. The van der Waals surface area contributed by atoms with Crippen LogP contribution in [0.25, 0.3) is 0 Å². The molecule has 0 unspecified atom stereocenters. The van der Waals surface area contributed by atoms with Crippen molar-refractivity contribution in [2.45, 2.75) is 23.5 Å². The van der Waals surface area contributed by atoms with Crippen molar-refractivity contribution in [1.82, 2.24) is 10.2 Å². The van der Waals surface area contributed by atoms with Crippen LogP contribution in [0.1, 0.15) is 40.5 Å². The first-order valence-electron chi connectivity index (χ1n) is 8.20. The number of methoxy groups -OCH3 is 1. The average molecular weight is 388 g/mol. The van der Waals surface area contributed by atoms with Gasteiger partial charge in [-0.3, -0.25) is 0 Å². The highest BCUT2D eigenvalue weighted by atomic mass is 32.2. The summed E-state index contributed by atoms with van der Waals surface area (Å²) in [6.07, 6.45) is -0.466. The summed E-state index contributed by atoms with van der Waals surface area (Å²) < 4.78 is 27.4. The molecule has 8 nitrogen and oxygen atoms in total. The van der Waals surface area contributed by atoms with Crippen LogP contribution in [0, 0.1) is 0 Å². The van der Waals surface area contributed by atoms with E-state index in [0.29, 0.717) is 35.0 Å². The van der Waals surface area contributed by atoms with Gasteiger partial charge in [0.25, 0.3) is 11.1 Å². The molecular weight excluding hydrogens is 372 g/mol. The molecule has 0 spiro atoms. The van der Waals surface area contributed by atoms with Crippen LogP contribution < -0.4 is 9.47 Å². The minimum absolute atomic E-state index is 0.138. The number of hydrogen-bond acceptors (Lipinski definition) is 9. The number of carbonyl (C=O) groups is 1. The topological polar surface area (TPSA) is 96.8 Å². The quantitative estimate of drug-likeness (QED) is 0.477. The van der Waals surface area contributed by atoms with Crippen molar-refractivity contribution in [2.24, 2.45) is 0 Å². The van der Waals surface area contributed by atoms with Crippen LogP contribution in [0.3, 0.4) is 0 Å². The molecule has 1 aliphatic heterocycles. The van der Waals surface area contributed by atoms with Gasteiger partial charge in [-0.15, -0.1) is 10.2 Å². The molecule has 2 atom stereocenters. The molecule has 3 heterocycles. The Morgan fingerprint density at radius 3 is 2.81 bits per heavy atom. The van der Waals surface area contributed by atoms with Gasteiger partial charge in [0.2, 0.25) is 11.9 Å². The lowest BCUT2D eigenvalue weighted by atomic mass is 10.2. The van der Waals surface area contributed by atoms with Gasteiger partial charge < -0.3 is 23.0 Å². The number of esters is 1. The fourth-order valence-electron chi connectivity index (χ4n) is 2.53. The molecule has 0 saturated heterocycles. The van der Waals surface area contributed by atoms with E-state index in [9.17, 15) is 4.79 Å². The molecule has 0 fully saturated rings. The van der Waals surface area contributed by atoms with Crippen molar-refractivity contribution in [3.8, 4) is 11.5 Å². The zero-order chi connectivity index (χ0) is 18.8. The number of rotatable bonds is 5. The van der Waals surface area contributed by atoms with Gasteiger partial charge in [0.1, 0.15) is 12.4 Å². The predicted octanol–water partition coefficient (Wildman–Crippen LogP) is 3.82. The lowest BCUT2D eigenvalue weighted by Gasteiger charge is -2.23. The van der Waals surface area contributed by atoms with Crippen LogP contribution >= 0.6 is 11.8 Å². The molecule has 140 valence electrons. The van der Waals surface area contributed by atoms with Crippen LogP contribution in [-0.2, 0) is 4.74 Å². The number of benzene rings is 1. The Hall–Kier alpha value is -2.94. The maximum absolute atomic E-state index is 11.5. The summed E-state index contributed by atoms with van der Waals surface area (Å²) in [5.41, 5.74) is 0. The van der Waals surface area contributed by atoms with Crippen LogP contribution in [-0.4, -0.2) is 29.9 Å².